The van der Waals surface area contributed by atoms with Gasteiger partial charge in [-0.2, -0.15) is 0 Å². The van der Waals surface area contributed by atoms with E-state index in [1.807, 2.05) is 37.4 Å². The van der Waals surface area contributed by atoms with Gasteiger partial charge >= 0.3 is 0 Å². The molecule has 0 spiro atoms. The molecule has 1 amide bonds. The van der Waals surface area contributed by atoms with Gasteiger partial charge in [-0.1, -0.05) is 18.2 Å². The van der Waals surface area contributed by atoms with Crippen molar-refractivity contribution in [1.82, 2.24) is 14.6 Å². The summed E-state index contributed by atoms with van der Waals surface area (Å²) in [6.07, 6.45) is 2.19. The van der Waals surface area contributed by atoms with Gasteiger partial charge in [-0.15, -0.1) is 0 Å². The molecule has 2 aromatic carbocycles. The molecule has 0 aliphatic carbocycles. The van der Waals surface area contributed by atoms with Crippen LogP contribution >= 0.6 is 0 Å². The van der Waals surface area contributed by atoms with E-state index in [1.165, 1.54) is 4.90 Å². The minimum Gasteiger partial charge on any atom is -0.340 e. The van der Waals surface area contributed by atoms with Gasteiger partial charge in [0.2, 0.25) is 10.0 Å². The van der Waals surface area contributed by atoms with Gasteiger partial charge < -0.3 is 24.8 Å². The Morgan fingerprint density at radius 1 is 0.947 bits per heavy atom. The number of rotatable bonds is 7. The molecule has 198 valence electrons. The van der Waals surface area contributed by atoms with E-state index in [-0.39, 0.29) is 16.8 Å². The number of anilines is 5. The van der Waals surface area contributed by atoms with E-state index in [0.29, 0.717) is 35.0 Å². The first-order valence-electron chi connectivity index (χ1n) is 12.4. The van der Waals surface area contributed by atoms with Crippen LogP contribution in [0.2, 0.25) is 0 Å². The lowest BCUT2D eigenvalue weighted by Gasteiger charge is -2.38. The molecule has 3 heterocycles. The number of nitrogens with one attached hydrogen (secondary N) is 2. The zero-order chi connectivity index (χ0) is 26.9. The van der Waals surface area contributed by atoms with Gasteiger partial charge in [0.25, 0.3) is 5.91 Å². The Kier molecular flexibility index (Phi) is 7.15. The Morgan fingerprint density at radius 2 is 1.63 bits per heavy atom. The van der Waals surface area contributed by atoms with Gasteiger partial charge in [0.05, 0.1) is 10.6 Å². The average Bonchev–Trinajstić information content (AvgIpc) is 2.92. The van der Waals surface area contributed by atoms with E-state index in [9.17, 15) is 18.0 Å². The molecule has 2 aliphatic rings. The van der Waals surface area contributed by atoms with Crippen molar-refractivity contribution in [2.75, 3.05) is 42.3 Å². The molecule has 1 atom stereocenters. The first-order valence-corrected chi connectivity index (χ1v) is 13.9. The molecule has 0 saturated carbocycles. The fourth-order valence-corrected chi connectivity index (χ4v) is 6.08. The summed E-state index contributed by atoms with van der Waals surface area (Å²) in [5.74, 6) is 0.601. The van der Waals surface area contributed by atoms with Gasteiger partial charge in [0.15, 0.2) is 18.1 Å². The van der Waals surface area contributed by atoms with Crippen LogP contribution in [0.3, 0.4) is 0 Å². The number of carbonyl (C=O) groups is 2. The van der Waals surface area contributed by atoms with Crippen LogP contribution < -0.4 is 19.8 Å². The smallest absolute Gasteiger partial charge is 0.257 e. The molecule has 1 aromatic heterocycles. The largest absolute Gasteiger partial charge is 0.340 e. The van der Waals surface area contributed by atoms with Crippen molar-refractivity contribution in [1.29, 1.82) is 0 Å². The number of pyridine rings is 1. The number of amides is 1. The highest BCUT2D eigenvalue weighted by Gasteiger charge is 2.38. The second-order valence-electron chi connectivity index (χ2n) is 9.57. The number of likely N-dealkylation sites (N-methyl/N-ethyl adjacent to an activating group) is 1. The maximum atomic E-state index is 12.9. The lowest BCUT2D eigenvalue weighted by atomic mass is 10.1. The average molecular weight is 535 g/mol. The normalized spacial score (nSPS) is 18.8. The van der Waals surface area contributed by atoms with Crippen LogP contribution in [-0.2, 0) is 19.6 Å². The molecule has 11 heteroatoms. The summed E-state index contributed by atoms with van der Waals surface area (Å²) in [6, 6.07) is 18.0. The third-order valence-electron chi connectivity index (χ3n) is 6.95. The van der Waals surface area contributed by atoms with Crippen molar-refractivity contribution < 1.29 is 18.0 Å². The quantitative estimate of drug-likeness (QED) is 0.351. The van der Waals surface area contributed by atoms with Gasteiger partial charge in [-0.05, 0) is 81.5 Å². The molecule has 1 saturated heterocycles. The van der Waals surface area contributed by atoms with Crippen LogP contribution in [0.15, 0.2) is 71.6 Å². The van der Waals surface area contributed by atoms with Crippen molar-refractivity contribution in [3.63, 3.8) is 0 Å². The predicted molar refractivity (Wildman–Crippen MR) is 147 cm³/mol. The fourth-order valence-electron chi connectivity index (χ4n) is 4.78. The number of likely N-dealkylation sites (tertiary alicyclic amines) is 1. The zero-order valence-electron chi connectivity index (χ0n) is 21.2. The number of sulfonamides is 1. The van der Waals surface area contributed by atoms with Gasteiger partial charge in [-0.25, -0.2) is 18.1 Å². The number of hydrogen-bond acceptors (Lipinski definition) is 8. The van der Waals surface area contributed by atoms with Crippen LogP contribution in [0.1, 0.15) is 12.8 Å². The summed E-state index contributed by atoms with van der Waals surface area (Å²) < 4.78 is 28.6. The number of hydrogen-bond donors (Lipinski definition) is 2. The molecule has 3 aromatic rings. The number of piperidine rings is 1. The number of aldehydes is 1. The molecular formula is C27H30N6O4S. The second-order valence-corrected chi connectivity index (χ2v) is 11.3. The summed E-state index contributed by atoms with van der Waals surface area (Å²) in [5, 5.41) is 3.20. The van der Waals surface area contributed by atoms with Crippen molar-refractivity contribution in [2.24, 2.45) is 0 Å². The van der Waals surface area contributed by atoms with Crippen molar-refractivity contribution >= 4 is 50.9 Å². The van der Waals surface area contributed by atoms with Gasteiger partial charge in [0.1, 0.15) is 5.82 Å². The van der Waals surface area contributed by atoms with Gasteiger partial charge in [-0.3, -0.25) is 4.79 Å². The first-order chi connectivity index (χ1) is 18.3. The number of nitrogens with zero attached hydrogens (tertiary/aromatic N) is 4. The molecule has 1 fully saturated rings. The van der Waals surface area contributed by atoms with Crippen LogP contribution in [0.4, 0.5) is 28.7 Å². The van der Waals surface area contributed by atoms with E-state index < -0.39 is 16.1 Å². The standard InChI is InChI=1S/C27H30N6O4S/c1-31-16-14-20(15-17-31)30-38(36,37)22-10-8-19(9-11-22)28-25-13-12-23-26(29-25)33(21-6-4-3-5-7-21)24(18-34)27(35)32(23)2/h3-13,18,20,24,30H,14-17H2,1-2H3,(H,28,29). The highest BCUT2D eigenvalue weighted by Crippen LogP contribution is 2.39. The maximum Gasteiger partial charge on any atom is 0.257 e. The number of carbonyl (C=O) groups excluding carboxylic acids is 2. The molecule has 0 bridgehead atoms. The zero-order valence-corrected chi connectivity index (χ0v) is 22.1. The van der Waals surface area contributed by atoms with Gasteiger partial charge in [0, 0.05) is 24.5 Å². The topological polar surface area (TPSA) is 115 Å². The molecular weight excluding hydrogens is 504 g/mol. The van der Waals surface area contributed by atoms with E-state index >= 15 is 0 Å². The minimum absolute atomic E-state index is 0.0681. The fraction of sp³-hybridized carbons (Fsp3) is 0.296. The van der Waals surface area contributed by atoms with E-state index in [2.05, 4.69) is 14.9 Å². The van der Waals surface area contributed by atoms with Crippen LogP contribution in [0.25, 0.3) is 0 Å². The van der Waals surface area contributed by atoms with E-state index in [4.69, 9.17) is 4.98 Å². The maximum absolute atomic E-state index is 12.9. The summed E-state index contributed by atoms with van der Waals surface area (Å²) >= 11 is 0. The number of fused-ring (bicyclic) bond motifs is 1. The number of benzene rings is 2. The van der Waals surface area contributed by atoms with Crippen LogP contribution in [0, 0.1) is 0 Å². The van der Waals surface area contributed by atoms with Crippen LogP contribution in [0.5, 0.6) is 0 Å². The Bertz CT molecular complexity index is 1420. The predicted octanol–water partition coefficient (Wildman–Crippen LogP) is 2.88. The molecule has 0 radical (unpaired) electrons. The lowest BCUT2D eigenvalue weighted by molar-refractivity contribution is -0.123. The summed E-state index contributed by atoms with van der Waals surface area (Å²) in [6.45, 7) is 1.73. The monoisotopic (exact) mass is 534 g/mol. The summed E-state index contributed by atoms with van der Waals surface area (Å²) in [5.41, 5.74) is 1.89. The van der Waals surface area contributed by atoms with Crippen LogP contribution in [-0.4, -0.2) is 69.8 Å². The highest BCUT2D eigenvalue weighted by atomic mass is 32.2. The SMILES string of the molecule is CN1CCC(NS(=O)(=O)c2ccc(Nc3ccc4c(n3)N(c3ccccc3)C(C=O)C(=O)N4C)cc2)CC1. The number of aromatic nitrogens is 1. The minimum atomic E-state index is -3.63. The van der Waals surface area contributed by atoms with Crippen molar-refractivity contribution in [3.05, 3.63) is 66.7 Å². The molecule has 2 aliphatic heterocycles. The first kappa shape index (κ1) is 25.8. The Labute approximate surface area is 222 Å². The molecule has 1 unspecified atom stereocenters. The third kappa shape index (κ3) is 5.13. The lowest BCUT2D eigenvalue weighted by Crippen LogP contribution is -2.51. The third-order valence-corrected chi connectivity index (χ3v) is 8.48. The molecule has 38 heavy (non-hydrogen) atoms. The molecule has 2 N–H and O–H groups in total. The van der Waals surface area contributed by atoms with Crippen molar-refractivity contribution in [3.8, 4) is 0 Å². The van der Waals surface area contributed by atoms with E-state index in [1.54, 1.807) is 48.3 Å². The van der Waals surface area contributed by atoms with E-state index in [0.717, 1.165) is 25.9 Å². The molecule has 5 rings (SSSR count). The Balaban J connectivity index is 1.38. The Hall–Kier alpha value is -3.80. The van der Waals surface area contributed by atoms with Crippen molar-refractivity contribution in [2.45, 2.75) is 29.8 Å². The number of para-hydroxylation sites is 1. The highest BCUT2D eigenvalue weighted by molar-refractivity contribution is 7.89. The second kappa shape index (κ2) is 10.5. The summed E-state index contributed by atoms with van der Waals surface area (Å²) in [4.78, 5) is 35.0. The summed E-state index contributed by atoms with van der Waals surface area (Å²) in [7, 11) is 0.0252. The Morgan fingerprint density at radius 3 is 2.29 bits per heavy atom. The molecule has 10 nitrogen and oxygen atoms in total.